The van der Waals surface area contributed by atoms with Gasteiger partial charge >= 0.3 is 12.1 Å². The van der Waals surface area contributed by atoms with Crippen LogP contribution >= 0.6 is 0 Å². The molecule has 0 aliphatic carbocycles. The lowest BCUT2D eigenvalue weighted by atomic mass is 10.1. The van der Waals surface area contributed by atoms with Crippen LogP contribution in [-0.4, -0.2) is 16.1 Å². The van der Waals surface area contributed by atoms with Gasteiger partial charge in [-0.2, -0.15) is 13.2 Å². The molecule has 1 heterocycles. The molecule has 3 N–H and O–H groups in total. The molecule has 0 aliphatic heterocycles. The third-order valence-corrected chi connectivity index (χ3v) is 1.87. The van der Waals surface area contributed by atoms with Crippen molar-refractivity contribution >= 4 is 11.7 Å². The lowest BCUT2D eigenvalue weighted by molar-refractivity contribution is -0.137. The maximum atomic E-state index is 12.3. The first-order chi connectivity index (χ1) is 7.66. The van der Waals surface area contributed by atoms with E-state index in [4.69, 9.17) is 10.8 Å². The number of pyridine rings is 1. The fourth-order valence-electron chi connectivity index (χ4n) is 1.16. The first kappa shape index (κ1) is 13.1. The SMILES string of the molecule is Nc1c(C(F)(F)F)cnc(C(F)F)c1C(=O)O. The Bertz CT molecular complexity index is 458. The van der Waals surface area contributed by atoms with E-state index in [1.165, 1.54) is 0 Å². The molecule has 0 spiro atoms. The lowest BCUT2D eigenvalue weighted by Gasteiger charge is -2.13. The first-order valence-corrected chi connectivity index (χ1v) is 4.03. The molecule has 0 saturated carbocycles. The van der Waals surface area contributed by atoms with E-state index in [0.717, 1.165) is 0 Å². The summed E-state index contributed by atoms with van der Waals surface area (Å²) in [6.45, 7) is 0. The molecular weight excluding hydrogens is 251 g/mol. The number of halogens is 5. The van der Waals surface area contributed by atoms with Gasteiger partial charge in [-0.3, -0.25) is 4.98 Å². The Kier molecular flexibility index (Phi) is 3.21. The number of nitrogens with two attached hydrogens (primary N) is 1. The van der Waals surface area contributed by atoms with Gasteiger partial charge < -0.3 is 10.8 Å². The van der Waals surface area contributed by atoms with Crippen molar-refractivity contribution in [2.75, 3.05) is 5.73 Å². The van der Waals surface area contributed by atoms with Gasteiger partial charge in [-0.1, -0.05) is 0 Å². The zero-order chi connectivity index (χ0) is 13.4. The van der Waals surface area contributed by atoms with Crippen molar-refractivity contribution in [3.8, 4) is 0 Å². The Hall–Kier alpha value is -1.93. The number of hydrogen-bond donors (Lipinski definition) is 2. The van der Waals surface area contributed by atoms with Crippen LogP contribution in [0.3, 0.4) is 0 Å². The molecule has 0 bridgehead atoms. The monoisotopic (exact) mass is 256 g/mol. The van der Waals surface area contributed by atoms with Gasteiger partial charge in [0.2, 0.25) is 0 Å². The number of carboxylic acids is 1. The van der Waals surface area contributed by atoms with E-state index >= 15 is 0 Å². The second-order valence-electron chi connectivity index (χ2n) is 2.95. The maximum absolute atomic E-state index is 12.3. The van der Waals surface area contributed by atoms with Gasteiger partial charge in [0, 0.05) is 6.20 Å². The molecule has 9 heteroatoms. The minimum absolute atomic E-state index is 0.0866. The highest BCUT2D eigenvalue weighted by Gasteiger charge is 2.37. The maximum Gasteiger partial charge on any atom is 0.419 e. The third kappa shape index (κ3) is 2.43. The zero-order valence-electron chi connectivity index (χ0n) is 7.92. The fraction of sp³-hybridized carbons (Fsp3) is 0.250. The largest absolute Gasteiger partial charge is 0.478 e. The minimum atomic E-state index is -4.96. The van der Waals surface area contributed by atoms with Crippen molar-refractivity contribution in [2.45, 2.75) is 12.6 Å². The molecule has 17 heavy (non-hydrogen) atoms. The summed E-state index contributed by atoms with van der Waals surface area (Å²) in [5, 5.41) is 8.56. The molecule has 0 atom stereocenters. The predicted molar refractivity (Wildman–Crippen MR) is 45.6 cm³/mol. The summed E-state index contributed by atoms with van der Waals surface area (Å²) in [5.74, 6) is -1.99. The highest BCUT2D eigenvalue weighted by molar-refractivity contribution is 5.95. The summed E-state index contributed by atoms with van der Waals surface area (Å²) < 4.78 is 61.6. The van der Waals surface area contributed by atoms with Crippen molar-refractivity contribution in [2.24, 2.45) is 0 Å². The van der Waals surface area contributed by atoms with E-state index in [1.807, 2.05) is 0 Å². The Balaban J connectivity index is 3.56. The van der Waals surface area contributed by atoms with Crippen LogP contribution in [0.25, 0.3) is 0 Å². The number of carboxylic acid groups (broad SMARTS) is 1. The number of hydrogen-bond acceptors (Lipinski definition) is 3. The van der Waals surface area contributed by atoms with Crippen molar-refractivity contribution in [1.29, 1.82) is 0 Å². The van der Waals surface area contributed by atoms with Gasteiger partial charge in [-0.15, -0.1) is 0 Å². The predicted octanol–water partition coefficient (Wildman–Crippen LogP) is 2.32. The van der Waals surface area contributed by atoms with Gasteiger partial charge in [-0.05, 0) is 0 Å². The normalized spacial score (nSPS) is 11.9. The van der Waals surface area contributed by atoms with Crippen LogP contribution in [0.1, 0.15) is 28.0 Å². The summed E-state index contributed by atoms with van der Waals surface area (Å²) in [4.78, 5) is 13.4. The first-order valence-electron chi connectivity index (χ1n) is 4.03. The molecule has 0 unspecified atom stereocenters. The van der Waals surface area contributed by atoms with Gasteiger partial charge in [0.15, 0.2) is 0 Å². The van der Waals surface area contributed by atoms with Crippen molar-refractivity contribution in [1.82, 2.24) is 4.98 Å². The molecule has 0 aromatic carbocycles. The standard InChI is InChI=1S/C8H5F5N2O2/c9-6(10)5-3(7(16)17)4(14)2(1-15-5)8(11,12)13/h1,6H,(H2,14,15)(H,16,17). The van der Waals surface area contributed by atoms with Crippen molar-refractivity contribution < 1.29 is 31.9 Å². The van der Waals surface area contributed by atoms with E-state index in [9.17, 15) is 26.7 Å². The summed E-state index contributed by atoms with van der Waals surface area (Å²) in [6, 6.07) is 0. The molecule has 0 radical (unpaired) electrons. The molecule has 94 valence electrons. The van der Waals surface area contributed by atoms with Crippen LogP contribution < -0.4 is 5.73 Å². The third-order valence-electron chi connectivity index (χ3n) is 1.87. The Morgan fingerprint density at radius 2 is 1.94 bits per heavy atom. The van der Waals surface area contributed by atoms with E-state index in [-0.39, 0.29) is 6.20 Å². The van der Waals surface area contributed by atoms with Crippen molar-refractivity contribution in [3.63, 3.8) is 0 Å². The van der Waals surface area contributed by atoms with Crippen LogP contribution in [-0.2, 0) is 6.18 Å². The number of nitrogens with zero attached hydrogens (tertiary/aromatic N) is 1. The Morgan fingerprint density at radius 3 is 2.29 bits per heavy atom. The quantitative estimate of drug-likeness (QED) is 0.796. The molecule has 0 aliphatic rings. The smallest absolute Gasteiger partial charge is 0.419 e. The number of aromatic carboxylic acids is 1. The molecule has 0 amide bonds. The molecule has 1 rings (SSSR count). The minimum Gasteiger partial charge on any atom is -0.478 e. The molecular formula is C8H5F5N2O2. The van der Waals surface area contributed by atoms with Crippen LogP contribution in [0.2, 0.25) is 0 Å². The second-order valence-corrected chi connectivity index (χ2v) is 2.95. The lowest BCUT2D eigenvalue weighted by Crippen LogP contribution is -2.17. The van der Waals surface area contributed by atoms with Gasteiger partial charge in [0.1, 0.15) is 11.3 Å². The van der Waals surface area contributed by atoms with Gasteiger partial charge in [0.05, 0.1) is 11.3 Å². The number of nitrogen functional groups attached to an aromatic ring is 1. The van der Waals surface area contributed by atoms with Crippen LogP contribution in [0.4, 0.5) is 27.6 Å². The highest BCUT2D eigenvalue weighted by atomic mass is 19.4. The number of rotatable bonds is 2. The van der Waals surface area contributed by atoms with E-state index in [0.29, 0.717) is 0 Å². The molecule has 4 nitrogen and oxygen atoms in total. The van der Waals surface area contributed by atoms with E-state index < -0.39 is 41.1 Å². The van der Waals surface area contributed by atoms with Crippen molar-refractivity contribution in [3.05, 3.63) is 23.0 Å². The molecule has 1 aromatic rings. The molecule has 1 aromatic heterocycles. The van der Waals surface area contributed by atoms with E-state index in [1.54, 1.807) is 0 Å². The van der Waals surface area contributed by atoms with Crippen LogP contribution in [0, 0.1) is 0 Å². The molecule has 0 saturated heterocycles. The number of aromatic nitrogens is 1. The summed E-state index contributed by atoms with van der Waals surface area (Å²) in [5.41, 5.74) is -0.503. The summed E-state index contributed by atoms with van der Waals surface area (Å²) >= 11 is 0. The zero-order valence-corrected chi connectivity index (χ0v) is 7.92. The number of alkyl halides is 5. The van der Waals surface area contributed by atoms with E-state index in [2.05, 4.69) is 4.98 Å². The highest BCUT2D eigenvalue weighted by Crippen LogP contribution is 2.37. The van der Waals surface area contributed by atoms with Crippen LogP contribution in [0.5, 0.6) is 0 Å². The number of carbonyl (C=O) groups is 1. The average molecular weight is 256 g/mol. The second kappa shape index (κ2) is 4.15. The van der Waals surface area contributed by atoms with Gasteiger partial charge in [-0.25, -0.2) is 13.6 Å². The number of anilines is 1. The Labute approximate surface area is 90.9 Å². The van der Waals surface area contributed by atoms with Crippen LogP contribution in [0.15, 0.2) is 6.20 Å². The summed E-state index contributed by atoms with van der Waals surface area (Å²) in [7, 11) is 0. The topological polar surface area (TPSA) is 76.2 Å². The summed E-state index contributed by atoms with van der Waals surface area (Å²) in [6.07, 6.45) is -8.20. The average Bonchev–Trinajstić information content (AvgIpc) is 2.13. The fourth-order valence-corrected chi connectivity index (χ4v) is 1.16. The van der Waals surface area contributed by atoms with Gasteiger partial charge in [0.25, 0.3) is 6.43 Å². The Morgan fingerprint density at radius 1 is 1.41 bits per heavy atom. The molecule has 0 fully saturated rings.